The van der Waals surface area contributed by atoms with Crippen molar-refractivity contribution in [1.29, 1.82) is 0 Å². The maximum absolute atomic E-state index is 10.4. The van der Waals surface area contributed by atoms with E-state index in [9.17, 15) is 5.11 Å². The molecule has 2 aromatic carbocycles. The minimum absolute atomic E-state index is 0.266. The third-order valence-electron chi connectivity index (χ3n) is 4.87. The summed E-state index contributed by atoms with van der Waals surface area (Å²) in [6, 6.07) is 14.4. The summed E-state index contributed by atoms with van der Waals surface area (Å²) < 4.78 is 11.2. The Hall–Kier alpha value is -2.30. The monoisotopic (exact) mass is 354 g/mol. The number of hydrogen-bond donors (Lipinski definition) is 2. The van der Waals surface area contributed by atoms with Crippen molar-refractivity contribution in [3.63, 3.8) is 0 Å². The molecule has 0 spiro atoms. The number of aliphatic hydroxyl groups excluding tert-OH is 1. The summed E-state index contributed by atoms with van der Waals surface area (Å²) in [5.41, 5.74) is 3.95. The van der Waals surface area contributed by atoms with E-state index < -0.39 is 6.10 Å². The highest BCUT2D eigenvalue weighted by molar-refractivity contribution is 5.43. The van der Waals surface area contributed by atoms with E-state index in [4.69, 9.17) is 9.47 Å². The van der Waals surface area contributed by atoms with Crippen LogP contribution in [0.15, 0.2) is 55.1 Å². The molecule has 1 aliphatic rings. The molecule has 1 aliphatic heterocycles. The largest absolute Gasteiger partial charge is 0.493 e. The number of rotatable bonds is 8. The average Bonchev–Trinajstić information content (AvgIpc) is 2.67. The van der Waals surface area contributed by atoms with Gasteiger partial charge in [-0.25, -0.2) is 0 Å². The number of allylic oxidation sites excluding steroid dienone is 1. The van der Waals surface area contributed by atoms with Crippen LogP contribution in [0.1, 0.15) is 16.7 Å². The van der Waals surface area contributed by atoms with E-state index in [-0.39, 0.29) is 6.61 Å². The summed E-state index contributed by atoms with van der Waals surface area (Å²) >= 11 is 0. The van der Waals surface area contributed by atoms with Crippen molar-refractivity contribution in [2.24, 2.45) is 0 Å². The van der Waals surface area contributed by atoms with Crippen LogP contribution in [0, 0.1) is 0 Å². The van der Waals surface area contributed by atoms with Gasteiger partial charge in [-0.3, -0.25) is 0 Å². The maximum atomic E-state index is 10.4. The van der Waals surface area contributed by atoms with Gasteiger partial charge >= 0.3 is 0 Å². The van der Waals surface area contributed by atoms with E-state index in [1.807, 2.05) is 24.3 Å². The van der Waals surface area contributed by atoms with Crippen LogP contribution in [0.2, 0.25) is 0 Å². The first-order chi connectivity index (χ1) is 12.7. The molecule has 0 aliphatic carbocycles. The molecule has 0 radical (unpaired) electrons. The highest BCUT2D eigenvalue weighted by Gasteiger charge is 2.22. The quantitative estimate of drug-likeness (QED) is 0.711. The predicted molar refractivity (Wildman–Crippen MR) is 103 cm³/mol. The van der Waals surface area contributed by atoms with Gasteiger partial charge in [0.15, 0.2) is 11.5 Å². The Kier molecular flexibility index (Phi) is 6.31. The summed E-state index contributed by atoms with van der Waals surface area (Å²) in [5, 5.41) is 10.4. The zero-order valence-electron chi connectivity index (χ0n) is 15.4. The molecule has 4 nitrogen and oxygen atoms in total. The molecule has 4 heteroatoms. The zero-order valence-corrected chi connectivity index (χ0v) is 15.4. The van der Waals surface area contributed by atoms with Crippen LogP contribution in [-0.2, 0) is 19.4 Å². The molecule has 0 bridgehead atoms. The van der Waals surface area contributed by atoms with E-state index in [1.165, 1.54) is 16.0 Å². The van der Waals surface area contributed by atoms with Gasteiger partial charge in [0.25, 0.3) is 0 Å². The van der Waals surface area contributed by atoms with Gasteiger partial charge in [0.2, 0.25) is 0 Å². The molecular formula is C22H28NO3+. The second-order valence-electron chi connectivity index (χ2n) is 6.84. The third kappa shape index (κ3) is 4.65. The van der Waals surface area contributed by atoms with Crippen LogP contribution in [0.4, 0.5) is 0 Å². The molecule has 1 heterocycles. The van der Waals surface area contributed by atoms with Gasteiger partial charge in [-0.15, -0.1) is 6.58 Å². The van der Waals surface area contributed by atoms with E-state index in [0.29, 0.717) is 18.0 Å². The van der Waals surface area contributed by atoms with E-state index in [2.05, 4.69) is 30.8 Å². The van der Waals surface area contributed by atoms with E-state index >= 15 is 0 Å². The van der Waals surface area contributed by atoms with Crippen molar-refractivity contribution in [2.75, 3.05) is 26.8 Å². The van der Waals surface area contributed by atoms with Gasteiger partial charge in [-0.1, -0.05) is 36.4 Å². The van der Waals surface area contributed by atoms with Crippen molar-refractivity contribution >= 4 is 0 Å². The first kappa shape index (κ1) is 18.5. The SMILES string of the molecule is C=CCc1ccc(OC[C@@H](O)C[NH+]2CCc3ccccc3C2)c(OC)c1. The number of benzene rings is 2. The van der Waals surface area contributed by atoms with Crippen molar-refractivity contribution in [1.82, 2.24) is 0 Å². The Labute approximate surface area is 155 Å². The molecule has 0 fully saturated rings. The maximum Gasteiger partial charge on any atom is 0.161 e. The molecule has 138 valence electrons. The summed E-state index contributed by atoms with van der Waals surface area (Å²) in [4.78, 5) is 1.40. The van der Waals surface area contributed by atoms with Crippen molar-refractivity contribution in [3.8, 4) is 11.5 Å². The predicted octanol–water partition coefficient (Wildman–Crippen LogP) is 1.80. The fourth-order valence-electron chi connectivity index (χ4n) is 3.52. The molecule has 3 rings (SSSR count). The van der Waals surface area contributed by atoms with Crippen LogP contribution in [0.5, 0.6) is 11.5 Å². The molecule has 0 saturated carbocycles. The number of ether oxygens (including phenoxy) is 2. The van der Waals surface area contributed by atoms with Gasteiger partial charge in [0, 0.05) is 12.0 Å². The average molecular weight is 354 g/mol. The zero-order chi connectivity index (χ0) is 18.4. The molecule has 0 saturated heterocycles. The van der Waals surface area contributed by atoms with Gasteiger partial charge in [-0.2, -0.15) is 0 Å². The lowest BCUT2D eigenvalue weighted by molar-refractivity contribution is -0.918. The molecule has 2 N–H and O–H groups in total. The summed E-state index contributed by atoms with van der Waals surface area (Å²) in [5.74, 6) is 1.36. The van der Waals surface area contributed by atoms with Gasteiger partial charge in [0.05, 0.1) is 13.7 Å². The first-order valence-corrected chi connectivity index (χ1v) is 9.18. The van der Waals surface area contributed by atoms with Crippen LogP contribution in [0.25, 0.3) is 0 Å². The number of aliphatic hydroxyl groups is 1. The molecule has 0 aromatic heterocycles. The lowest BCUT2D eigenvalue weighted by Gasteiger charge is -2.27. The smallest absolute Gasteiger partial charge is 0.161 e. The van der Waals surface area contributed by atoms with Crippen LogP contribution >= 0.6 is 0 Å². The Morgan fingerprint density at radius 2 is 2.00 bits per heavy atom. The van der Waals surface area contributed by atoms with Gasteiger partial charge in [0.1, 0.15) is 25.8 Å². The molecule has 2 aromatic rings. The number of hydrogen-bond acceptors (Lipinski definition) is 3. The third-order valence-corrected chi connectivity index (χ3v) is 4.87. The summed E-state index contributed by atoms with van der Waals surface area (Å²) in [6.07, 6.45) is 3.21. The minimum atomic E-state index is -0.507. The molecule has 26 heavy (non-hydrogen) atoms. The van der Waals surface area contributed by atoms with Crippen molar-refractivity contribution < 1.29 is 19.5 Å². The fourth-order valence-corrected chi connectivity index (χ4v) is 3.52. The van der Waals surface area contributed by atoms with Crippen LogP contribution in [0.3, 0.4) is 0 Å². The number of fused-ring (bicyclic) bond motifs is 1. The molecule has 0 amide bonds. The Morgan fingerprint density at radius 3 is 2.77 bits per heavy atom. The van der Waals surface area contributed by atoms with Gasteiger partial charge < -0.3 is 19.5 Å². The highest BCUT2D eigenvalue weighted by atomic mass is 16.5. The lowest BCUT2D eigenvalue weighted by atomic mass is 10.00. The topological polar surface area (TPSA) is 43.1 Å². The second kappa shape index (κ2) is 8.88. The molecular weight excluding hydrogens is 326 g/mol. The Bertz CT molecular complexity index is 744. The second-order valence-corrected chi connectivity index (χ2v) is 6.84. The summed E-state index contributed by atoms with van der Waals surface area (Å²) in [7, 11) is 1.63. The van der Waals surface area contributed by atoms with Gasteiger partial charge in [-0.05, 0) is 29.7 Å². The minimum Gasteiger partial charge on any atom is -0.493 e. The Balaban J connectivity index is 1.53. The van der Waals surface area contributed by atoms with Crippen molar-refractivity contribution in [3.05, 3.63) is 71.8 Å². The highest BCUT2D eigenvalue weighted by Crippen LogP contribution is 2.28. The number of quaternary nitrogens is 1. The normalized spacial score (nSPS) is 17.2. The van der Waals surface area contributed by atoms with Crippen molar-refractivity contribution in [2.45, 2.75) is 25.5 Å². The number of methoxy groups -OCH3 is 1. The molecule has 1 unspecified atom stereocenters. The Morgan fingerprint density at radius 1 is 1.19 bits per heavy atom. The lowest BCUT2D eigenvalue weighted by Crippen LogP contribution is -3.13. The first-order valence-electron chi connectivity index (χ1n) is 9.18. The fraction of sp³-hybridized carbons (Fsp3) is 0.364. The standard InChI is InChI=1S/C22H27NO3/c1-3-6-17-9-10-21(22(13-17)25-2)26-16-20(24)15-23-12-11-18-7-4-5-8-19(18)14-23/h3-5,7-10,13,20,24H,1,6,11-12,14-16H2,2H3/p+1/t20-/m0/s1. The number of nitrogens with one attached hydrogen (secondary N) is 1. The van der Waals surface area contributed by atoms with E-state index in [1.54, 1.807) is 7.11 Å². The van der Waals surface area contributed by atoms with Crippen LogP contribution in [-0.4, -0.2) is 38.0 Å². The summed E-state index contributed by atoms with van der Waals surface area (Å²) in [6.45, 7) is 6.72. The van der Waals surface area contributed by atoms with E-state index in [0.717, 1.165) is 31.5 Å². The molecule has 2 atom stereocenters. The van der Waals surface area contributed by atoms with Crippen LogP contribution < -0.4 is 14.4 Å².